The van der Waals surface area contributed by atoms with E-state index in [-0.39, 0.29) is 72.1 Å². The van der Waals surface area contributed by atoms with Gasteiger partial charge in [-0.05, 0) is 59.5 Å². The molecule has 0 radical (unpaired) electrons. The van der Waals surface area contributed by atoms with E-state index in [4.69, 9.17) is 36.5 Å². The maximum absolute atomic E-state index is 11.1. The Hall–Kier alpha value is -0.400. The van der Waals surface area contributed by atoms with Crippen LogP contribution in [0.25, 0.3) is 10.4 Å². The molecule has 0 amide bonds. The molecule has 0 spiro atoms. The number of azide groups is 1. The van der Waals surface area contributed by atoms with Gasteiger partial charge in [0.15, 0.2) is 5.75 Å². The van der Waals surface area contributed by atoms with Crippen LogP contribution >= 0.6 is 22.3 Å². The van der Waals surface area contributed by atoms with Gasteiger partial charge in [-0.1, -0.05) is 16.9 Å². The van der Waals surface area contributed by atoms with Gasteiger partial charge in [-0.2, -0.15) is 0 Å². The van der Waals surface area contributed by atoms with Crippen LogP contribution in [0.15, 0.2) is 58.9 Å². The predicted octanol–water partition coefficient (Wildman–Crippen LogP) is -3.73. The van der Waals surface area contributed by atoms with Crippen molar-refractivity contribution in [1.29, 1.82) is 0 Å². The Bertz CT molecular complexity index is 1190. The number of hydrogen-bond donors (Lipinski definition) is 2. The fourth-order valence-electron chi connectivity index (χ4n) is 2.72. The predicted molar refractivity (Wildman–Crippen MR) is 133 cm³/mol. The summed E-state index contributed by atoms with van der Waals surface area (Å²) in [5, 5.41) is 7.25. The van der Waals surface area contributed by atoms with Crippen LogP contribution in [0.1, 0.15) is 11.1 Å². The van der Waals surface area contributed by atoms with E-state index in [0.29, 0.717) is 11.5 Å². The molecule has 0 fully saturated rings. The van der Waals surface area contributed by atoms with E-state index in [2.05, 4.69) is 15.3 Å². The van der Waals surface area contributed by atoms with Gasteiger partial charge in [-0.25, -0.2) is 0 Å². The molecule has 0 saturated heterocycles. The molecule has 0 bridgehead atoms. The van der Waals surface area contributed by atoms with Crippen molar-refractivity contribution in [1.82, 2.24) is 9.68 Å². The first-order chi connectivity index (χ1) is 16.8. The van der Waals surface area contributed by atoms with Crippen LogP contribution < -0.4 is 78.3 Å². The smallest absolute Gasteiger partial charge is 0.778 e. The molecule has 0 aliphatic rings. The molecule has 3 unspecified atom stereocenters. The van der Waals surface area contributed by atoms with Crippen molar-refractivity contribution >= 4 is 40.3 Å². The minimum absolute atomic E-state index is 0. The average molecular weight is 621 g/mol. The van der Waals surface area contributed by atoms with Crippen LogP contribution in [0, 0.1) is 0 Å². The SMILES string of the molecule is CN(/N=C\c1ccc(ON=[N+]=[N-])cc1)[P+](=S)Oc1ccc(CCN(CP(=O)([O-])O)CP(=O)([O-])O)cc1.[Na+].[Na+]. The third kappa shape index (κ3) is 16.0. The van der Waals surface area contributed by atoms with E-state index in [1.807, 2.05) is 0 Å². The zero-order chi connectivity index (χ0) is 26.8. The van der Waals surface area contributed by atoms with Crippen LogP contribution in [-0.4, -0.2) is 51.8 Å². The molecular formula is C18H22N6Na2O8P3S+. The molecule has 14 nitrogen and oxygen atoms in total. The van der Waals surface area contributed by atoms with Gasteiger partial charge >= 0.3 is 66.2 Å². The molecule has 0 aromatic heterocycles. The molecule has 194 valence electrons. The normalized spacial score (nSPS) is 14.2. The monoisotopic (exact) mass is 621 g/mol. The number of hydrogen-bond acceptors (Lipinski definition) is 10. The quantitative estimate of drug-likeness (QED) is 0.0399. The summed E-state index contributed by atoms with van der Waals surface area (Å²) in [4.78, 5) is 48.5. The number of hydrazone groups is 1. The fraction of sp³-hybridized carbons (Fsp3) is 0.278. The summed E-state index contributed by atoms with van der Waals surface area (Å²) >= 11 is 5.37. The largest absolute Gasteiger partial charge is 1.00 e. The number of nitrogens with zero attached hydrogens (tertiary/aromatic N) is 6. The van der Waals surface area contributed by atoms with Crippen LogP contribution in [0.5, 0.6) is 11.5 Å². The van der Waals surface area contributed by atoms with E-state index < -0.39 is 34.8 Å². The molecule has 2 aromatic carbocycles. The molecule has 2 N–H and O–H groups in total. The molecule has 0 heterocycles. The van der Waals surface area contributed by atoms with Gasteiger partial charge in [0.1, 0.15) is 26.2 Å². The van der Waals surface area contributed by atoms with E-state index in [1.165, 1.54) is 4.78 Å². The Morgan fingerprint density at radius 2 is 1.58 bits per heavy atom. The van der Waals surface area contributed by atoms with Crippen molar-refractivity contribution in [3.8, 4) is 11.5 Å². The van der Waals surface area contributed by atoms with E-state index in [0.717, 1.165) is 16.0 Å². The zero-order valence-corrected chi connectivity index (χ0v) is 28.3. The fourth-order valence-corrected chi connectivity index (χ4v) is 5.31. The van der Waals surface area contributed by atoms with Crippen LogP contribution in [0.3, 0.4) is 0 Å². The van der Waals surface area contributed by atoms with E-state index in [9.17, 15) is 18.9 Å². The van der Waals surface area contributed by atoms with Crippen molar-refractivity contribution in [2.24, 2.45) is 10.4 Å². The van der Waals surface area contributed by atoms with Gasteiger partial charge in [-0.3, -0.25) is 9.42 Å². The van der Waals surface area contributed by atoms with Gasteiger partial charge < -0.3 is 33.5 Å². The summed E-state index contributed by atoms with van der Waals surface area (Å²) in [6.07, 6.45) is 0.0147. The Kier molecular flexibility index (Phi) is 17.9. The molecular weight excluding hydrogens is 599 g/mol. The molecule has 0 saturated carbocycles. The molecule has 0 aliphatic heterocycles. The molecule has 2 rings (SSSR count). The molecule has 0 aliphatic carbocycles. The molecule has 3 atom stereocenters. The summed E-state index contributed by atoms with van der Waals surface area (Å²) < 4.78 is 29.5. The Morgan fingerprint density at radius 3 is 2.08 bits per heavy atom. The third-order valence-corrected chi connectivity index (χ3v) is 7.64. The number of rotatable bonds is 14. The van der Waals surface area contributed by atoms with E-state index >= 15 is 0 Å². The standard InChI is InChI=1S/C18H23N6O8P3S.2Na/c1-23(20-12-16-4-6-17(7-5-16)31-22-21-19)33(36)32-18-8-2-15(3-9-18)10-11-24(13-34(25,26)27)14-35(28,29)30;;/h2-9,12H,10-11,13-14H2,1H3,(H3-,25,26,27,28,29,30);;/q;2*+1/p-1/b20-12-;;. The van der Waals surface area contributed by atoms with Crippen LogP contribution in [0.2, 0.25) is 0 Å². The van der Waals surface area contributed by atoms with E-state index in [1.54, 1.807) is 61.8 Å². The first kappa shape index (κ1) is 37.6. The maximum Gasteiger partial charge on any atom is 1.00 e. The Balaban J connectivity index is 0.00000684. The Morgan fingerprint density at radius 1 is 1.05 bits per heavy atom. The zero-order valence-electron chi connectivity index (χ0n) is 20.8. The summed E-state index contributed by atoms with van der Waals surface area (Å²) in [5.74, 6) is 0.845. The molecule has 38 heavy (non-hydrogen) atoms. The van der Waals surface area contributed by atoms with Crippen molar-refractivity contribution in [3.63, 3.8) is 0 Å². The van der Waals surface area contributed by atoms with Crippen molar-refractivity contribution in [3.05, 3.63) is 70.1 Å². The van der Waals surface area contributed by atoms with Gasteiger partial charge in [0.2, 0.25) is 11.8 Å². The first-order valence-electron chi connectivity index (χ1n) is 9.96. The van der Waals surface area contributed by atoms with Gasteiger partial charge in [0.05, 0.1) is 25.8 Å². The van der Waals surface area contributed by atoms with Gasteiger partial charge in [0, 0.05) is 11.5 Å². The van der Waals surface area contributed by atoms with Crippen molar-refractivity contribution in [2.45, 2.75) is 6.42 Å². The molecule has 20 heteroatoms. The summed E-state index contributed by atoms with van der Waals surface area (Å²) in [7, 11) is -9.40. The summed E-state index contributed by atoms with van der Waals surface area (Å²) in [6.45, 7) is -0.0381. The topological polar surface area (TPSA) is 207 Å². The minimum Gasteiger partial charge on any atom is -0.778 e. The van der Waals surface area contributed by atoms with Gasteiger partial charge in [0.25, 0.3) is 0 Å². The second kappa shape index (κ2) is 18.1. The number of benzene rings is 2. The molecule has 2 aromatic rings. The Labute approximate surface area is 269 Å². The summed E-state index contributed by atoms with van der Waals surface area (Å²) in [6, 6.07) is 13.3. The van der Waals surface area contributed by atoms with Crippen LogP contribution in [0.4, 0.5) is 0 Å². The minimum atomic E-state index is -4.76. The summed E-state index contributed by atoms with van der Waals surface area (Å²) in [5.41, 5.74) is 9.72. The maximum atomic E-state index is 11.1. The van der Waals surface area contributed by atoms with Crippen molar-refractivity contribution < 1.29 is 97.2 Å². The average Bonchev–Trinajstić information content (AvgIpc) is 2.79. The van der Waals surface area contributed by atoms with Gasteiger partial charge in [-0.15, -0.1) is 5.10 Å². The first-order valence-corrected chi connectivity index (χ1v) is 15.7. The third-order valence-electron chi connectivity index (χ3n) is 4.25. The second-order valence-electron chi connectivity index (χ2n) is 7.24. The second-order valence-corrected chi connectivity index (χ2v) is 12.5. The van der Waals surface area contributed by atoms with Crippen molar-refractivity contribution in [2.75, 3.05) is 26.2 Å². The van der Waals surface area contributed by atoms with Crippen LogP contribution in [-0.2, 0) is 27.4 Å².